The maximum atomic E-state index is 10.2. The average Bonchev–Trinajstić information content (AvgIpc) is 2.07. The second-order valence-corrected chi connectivity index (χ2v) is 2.72. The highest BCUT2D eigenvalue weighted by atomic mass is 32.2. The molecule has 0 spiro atoms. The second kappa shape index (κ2) is 6.19. The fourth-order valence-electron chi connectivity index (χ4n) is 0.550. The lowest BCUT2D eigenvalue weighted by atomic mass is 10.4. The quantitative estimate of drug-likeness (QED) is 0.493. The van der Waals surface area contributed by atoms with Gasteiger partial charge in [0.1, 0.15) is 0 Å². The van der Waals surface area contributed by atoms with Crippen molar-refractivity contribution < 1.29 is 13.5 Å². The third-order valence-corrected chi connectivity index (χ3v) is 1.69. The van der Waals surface area contributed by atoms with Crippen molar-refractivity contribution >= 4 is 10.7 Å². The Morgan fingerprint density at radius 2 is 1.67 bits per heavy atom. The molecule has 12 heavy (non-hydrogen) atoms. The molecule has 1 aromatic carbocycles. The minimum Gasteiger partial charge on any atom is -0.443 e. The standard InChI is InChI=1S/C6H6O2S.CHNO/c7-9(8)6-4-2-1-3-5-6;2-1-3/h1-5,9H;3H. The fraction of sp³-hybridized carbons (Fsp3) is 0. The van der Waals surface area contributed by atoms with Crippen LogP contribution in [0.5, 0.6) is 0 Å². The van der Waals surface area contributed by atoms with Gasteiger partial charge in [-0.2, -0.15) is 5.26 Å². The zero-order chi connectivity index (χ0) is 9.40. The van der Waals surface area contributed by atoms with E-state index >= 15 is 0 Å². The monoisotopic (exact) mass is 185 g/mol. The molecule has 1 aromatic rings. The summed E-state index contributed by atoms with van der Waals surface area (Å²) >= 11 is 0. The summed E-state index contributed by atoms with van der Waals surface area (Å²) in [5.41, 5.74) is 0. The molecule has 0 atom stereocenters. The lowest BCUT2D eigenvalue weighted by molar-refractivity contribution is 0.503. The van der Waals surface area contributed by atoms with Gasteiger partial charge in [-0.05, 0) is 12.1 Å². The summed E-state index contributed by atoms with van der Waals surface area (Å²) in [5, 5.41) is 13.8. The molecule has 0 unspecified atom stereocenters. The molecule has 0 saturated carbocycles. The maximum absolute atomic E-state index is 10.2. The van der Waals surface area contributed by atoms with Crippen molar-refractivity contribution in [2.45, 2.75) is 4.90 Å². The summed E-state index contributed by atoms with van der Waals surface area (Å²) in [6.45, 7) is 0. The van der Waals surface area contributed by atoms with Gasteiger partial charge in [0.25, 0.3) is 6.26 Å². The molecule has 0 fully saturated rings. The summed E-state index contributed by atoms with van der Waals surface area (Å²) in [6.07, 6.45) is 0.750. The van der Waals surface area contributed by atoms with Gasteiger partial charge in [-0.15, -0.1) is 0 Å². The zero-order valence-corrected chi connectivity index (χ0v) is 6.94. The number of aliphatic hydroxyl groups is 1. The highest BCUT2D eigenvalue weighted by Crippen LogP contribution is 1.97. The Morgan fingerprint density at radius 3 is 1.92 bits per heavy atom. The van der Waals surface area contributed by atoms with E-state index in [1.165, 1.54) is 0 Å². The lowest BCUT2D eigenvalue weighted by Crippen LogP contribution is -1.75. The van der Waals surface area contributed by atoms with Gasteiger partial charge in [0.15, 0.2) is 10.7 Å². The number of benzene rings is 1. The molecule has 0 aliphatic heterocycles. The van der Waals surface area contributed by atoms with E-state index in [-0.39, 0.29) is 0 Å². The van der Waals surface area contributed by atoms with Gasteiger partial charge in [-0.25, -0.2) is 8.42 Å². The Morgan fingerprint density at radius 1 is 1.25 bits per heavy atom. The van der Waals surface area contributed by atoms with E-state index in [4.69, 9.17) is 10.4 Å². The minimum absolute atomic E-state index is 0.368. The van der Waals surface area contributed by atoms with Gasteiger partial charge < -0.3 is 5.11 Å². The number of aliphatic hydroxyl groups excluding tert-OH is 1. The third kappa shape index (κ3) is 4.30. The average molecular weight is 185 g/mol. The normalized spacial score (nSPS) is 8.00. The van der Waals surface area contributed by atoms with Gasteiger partial charge in [0, 0.05) is 0 Å². The molecule has 0 aliphatic carbocycles. The van der Waals surface area contributed by atoms with Crippen molar-refractivity contribution in [2.24, 2.45) is 0 Å². The van der Waals surface area contributed by atoms with Crippen LogP contribution in [-0.4, -0.2) is 13.5 Å². The fourth-order valence-corrected chi connectivity index (χ4v) is 0.965. The SMILES string of the molecule is N#CO.O=[SH](=O)c1ccccc1. The van der Waals surface area contributed by atoms with Crippen LogP contribution in [-0.2, 0) is 10.7 Å². The first kappa shape index (κ1) is 10.5. The molecule has 1 rings (SSSR count). The van der Waals surface area contributed by atoms with Gasteiger partial charge in [0.2, 0.25) is 0 Å². The van der Waals surface area contributed by atoms with Crippen LogP contribution in [0.4, 0.5) is 0 Å². The van der Waals surface area contributed by atoms with Crippen molar-refractivity contribution in [2.75, 3.05) is 0 Å². The summed E-state index contributed by atoms with van der Waals surface area (Å²) < 4.78 is 20.5. The summed E-state index contributed by atoms with van der Waals surface area (Å²) in [5.74, 6) is 0. The number of nitrogens with zero attached hydrogens (tertiary/aromatic N) is 1. The lowest BCUT2D eigenvalue weighted by Gasteiger charge is -1.83. The van der Waals surface area contributed by atoms with E-state index in [9.17, 15) is 8.42 Å². The Balaban J connectivity index is 0.000000354. The minimum atomic E-state index is -2.40. The molecule has 64 valence electrons. The van der Waals surface area contributed by atoms with Crippen LogP contribution < -0.4 is 0 Å². The molecule has 0 amide bonds. The number of hydrogen-bond acceptors (Lipinski definition) is 4. The van der Waals surface area contributed by atoms with Crippen LogP contribution in [0.25, 0.3) is 0 Å². The van der Waals surface area contributed by atoms with E-state index in [0.29, 0.717) is 4.90 Å². The molecule has 0 heterocycles. The van der Waals surface area contributed by atoms with E-state index in [1.807, 2.05) is 0 Å². The molecule has 1 N–H and O–H groups in total. The number of hydrogen-bond donors (Lipinski definition) is 2. The molecule has 0 aliphatic rings. The second-order valence-electron chi connectivity index (χ2n) is 1.69. The van der Waals surface area contributed by atoms with Gasteiger partial charge in [0.05, 0.1) is 4.90 Å². The number of thiol groups is 1. The van der Waals surface area contributed by atoms with Crippen LogP contribution in [0.15, 0.2) is 35.2 Å². The molecule has 0 bridgehead atoms. The summed E-state index contributed by atoms with van der Waals surface area (Å²) in [6, 6.07) is 8.29. The molecular formula is C7H7NO3S. The first-order chi connectivity index (χ1) is 5.72. The Labute approximate surface area is 71.6 Å². The highest BCUT2D eigenvalue weighted by molar-refractivity contribution is 7.72. The first-order valence-electron chi connectivity index (χ1n) is 2.95. The van der Waals surface area contributed by atoms with Crippen LogP contribution in [0.1, 0.15) is 0 Å². The van der Waals surface area contributed by atoms with Crippen molar-refractivity contribution in [3.05, 3.63) is 30.3 Å². The van der Waals surface area contributed by atoms with Gasteiger partial charge in [-0.1, -0.05) is 18.2 Å². The molecule has 4 nitrogen and oxygen atoms in total. The molecule has 5 heteroatoms. The number of nitriles is 1. The first-order valence-corrected chi connectivity index (χ1v) is 4.12. The van der Waals surface area contributed by atoms with Crippen molar-refractivity contribution in [1.29, 1.82) is 5.26 Å². The molecule has 0 saturated heterocycles. The van der Waals surface area contributed by atoms with E-state index in [2.05, 4.69) is 0 Å². The van der Waals surface area contributed by atoms with E-state index in [1.54, 1.807) is 30.3 Å². The molecule has 0 aromatic heterocycles. The largest absolute Gasteiger partial charge is 0.443 e. The third-order valence-electron chi connectivity index (χ3n) is 0.967. The summed E-state index contributed by atoms with van der Waals surface area (Å²) in [7, 11) is -2.40. The molecule has 0 radical (unpaired) electrons. The van der Waals surface area contributed by atoms with E-state index in [0.717, 1.165) is 6.26 Å². The van der Waals surface area contributed by atoms with Crippen LogP contribution in [0.2, 0.25) is 0 Å². The highest BCUT2D eigenvalue weighted by Gasteiger charge is 1.87. The predicted octanol–water partition coefficient (Wildman–Crippen LogP) is 0.497. The van der Waals surface area contributed by atoms with Crippen molar-refractivity contribution in [3.63, 3.8) is 0 Å². The van der Waals surface area contributed by atoms with Crippen molar-refractivity contribution in [3.8, 4) is 6.26 Å². The van der Waals surface area contributed by atoms with Crippen molar-refractivity contribution in [1.82, 2.24) is 0 Å². The zero-order valence-electron chi connectivity index (χ0n) is 6.04. The predicted molar refractivity (Wildman–Crippen MR) is 42.6 cm³/mol. The van der Waals surface area contributed by atoms with Crippen LogP contribution >= 0.6 is 0 Å². The Bertz CT molecular complexity index is 318. The Hall–Kier alpha value is -1.54. The smallest absolute Gasteiger partial charge is 0.283 e. The maximum Gasteiger partial charge on any atom is 0.283 e. The van der Waals surface area contributed by atoms with Gasteiger partial charge >= 0.3 is 0 Å². The van der Waals surface area contributed by atoms with Crippen LogP contribution in [0.3, 0.4) is 0 Å². The van der Waals surface area contributed by atoms with Crippen LogP contribution in [0, 0.1) is 11.5 Å². The van der Waals surface area contributed by atoms with Gasteiger partial charge in [-0.3, -0.25) is 0 Å². The number of rotatable bonds is 1. The Kier molecular flexibility index (Phi) is 5.39. The topological polar surface area (TPSA) is 78.2 Å². The molecular weight excluding hydrogens is 178 g/mol. The summed E-state index contributed by atoms with van der Waals surface area (Å²) in [4.78, 5) is 0.368. The van der Waals surface area contributed by atoms with E-state index < -0.39 is 10.7 Å².